The molecule has 1 aliphatic carbocycles. The van der Waals surface area contributed by atoms with Crippen LogP contribution >= 0.6 is 0 Å². The van der Waals surface area contributed by atoms with Gasteiger partial charge in [-0.25, -0.2) is 4.98 Å². The quantitative estimate of drug-likeness (QED) is 0.781. The van der Waals surface area contributed by atoms with Gasteiger partial charge in [0.05, 0.1) is 20.3 Å². The second-order valence-corrected chi connectivity index (χ2v) is 7.57. The van der Waals surface area contributed by atoms with E-state index in [4.69, 9.17) is 9.47 Å². The highest BCUT2D eigenvalue weighted by molar-refractivity contribution is 5.99. The summed E-state index contributed by atoms with van der Waals surface area (Å²) in [5, 5.41) is 5.67. The molecule has 2 unspecified atom stereocenters. The molecule has 7 nitrogen and oxygen atoms in total. The molecule has 2 N–H and O–H groups in total. The van der Waals surface area contributed by atoms with Crippen molar-refractivity contribution >= 4 is 11.8 Å². The van der Waals surface area contributed by atoms with Crippen molar-refractivity contribution in [3.63, 3.8) is 0 Å². The predicted octanol–water partition coefficient (Wildman–Crippen LogP) is 1.98. The van der Waals surface area contributed by atoms with Crippen molar-refractivity contribution < 1.29 is 19.1 Å². The number of para-hydroxylation sites is 1. The van der Waals surface area contributed by atoms with Gasteiger partial charge in [0.15, 0.2) is 0 Å². The fourth-order valence-electron chi connectivity index (χ4n) is 4.02. The Bertz CT molecular complexity index is 935. The van der Waals surface area contributed by atoms with E-state index in [9.17, 15) is 9.59 Å². The van der Waals surface area contributed by atoms with Crippen molar-refractivity contribution in [1.82, 2.24) is 15.6 Å². The molecule has 29 heavy (non-hydrogen) atoms. The van der Waals surface area contributed by atoms with E-state index in [0.717, 1.165) is 11.3 Å². The first-order chi connectivity index (χ1) is 14.0. The molecule has 1 aromatic carbocycles. The number of benzene rings is 1. The zero-order valence-electron chi connectivity index (χ0n) is 16.8. The molecule has 1 saturated carbocycles. The lowest BCUT2D eigenvalue weighted by Gasteiger charge is -2.17. The second-order valence-electron chi connectivity index (χ2n) is 7.57. The number of methoxy groups -OCH3 is 1. The van der Waals surface area contributed by atoms with Crippen LogP contribution < -0.4 is 15.4 Å². The molecule has 2 aromatic rings. The third-order valence-electron chi connectivity index (χ3n) is 5.87. The van der Waals surface area contributed by atoms with Crippen LogP contribution in [-0.4, -0.2) is 50.2 Å². The average Bonchev–Trinajstić information content (AvgIpc) is 3.17. The van der Waals surface area contributed by atoms with Crippen LogP contribution in [0.3, 0.4) is 0 Å². The molecule has 4 rings (SSSR count). The summed E-state index contributed by atoms with van der Waals surface area (Å²) in [6, 6.07) is 11.1. The molecule has 152 valence electrons. The lowest BCUT2D eigenvalue weighted by atomic mass is 9.95. The highest BCUT2D eigenvalue weighted by Gasteiger charge is 2.54. The smallest absolute Gasteiger partial charge is 0.269 e. The number of fused-ring (bicyclic) bond motifs is 1. The zero-order chi connectivity index (χ0) is 20.5. The summed E-state index contributed by atoms with van der Waals surface area (Å²) < 4.78 is 10.9. The topological polar surface area (TPSA) is 89.6 Å². The van der Waals surface area contributed by atoms with E-state index in [1.807, 2.05) is 31.2 Å². The van der Waals surface area contributed by atoms with Crippen molar-refractivity contribution in [2.45, 2.75) is 18.9 Å². The van der Waals surface area contributed by atoms with Crippen molar-refractivity contribution in [3.8, 4) is 5.75 Å². The fourth-order valence-corrected chi connectivity index (χ4v) is 4.02. The SMILES string of the molecule is CNC(=O)c1cc(C(=O)NC2[C@H]3COC[C@@H]23)cc(C(C)c2ccccc2OC)n1. The molecule has 2 fully saturated rings. The van der Waals surface area contributed by atoms with Crippen molar-refractivity contribution in [3.05, 3.63) is 58.9 Å². The molecule has 1 aromatic heterocycles. The number of hydrogen-bond donors (Lipinski definition) is 2. The van der Waals surface area contributed by atoms with Gasteiger partial charge in [-0.2, -0.15) is 0 Å². The monoisotopic (exact) mass is 395 g/mol. The highest BCUT2D eigenvalue weighted by atomic mass is 16.5. The Hall–Kier alpha value is -2.93. The van der Waals surface area contributed by atoms with E-state index < -0.39 is 0 Å². The summed E-state index contributed by atoms with van der Waals surface area (Å²) in [7, 11) is 3.17. The van der Waals surface area contributed by atoms with Crippen LogP contribution in [0.25, 0.3) is 0 Å². The number of nitrogens with zero attached hydrogens (tertiary/aromatic N) is 1. The van der Waals surface area contributed by atoms with E-state index in [-0.39, 0.29) is 29.5 Å². The number of pyridine rings is 1. The van der Waals surface area contributed by atoms with Crippen LogP contribution in [0, 0.1) is 11.8 Å². The van der Waals surface area contributed by atoms with Crippen LogP contribution in [0.5, 0.6) is 5.75 Å². The van der Waals surface area contributed by atoms with Crippen LogP contribution in [-0.2, 0) is 4.74 Å². The van der Waals surface area contributed by atoms with Gasteiger partial charge in [0.2, 0.25) is 0 Å². The molecule has 2 heterocycles. The lowest BCUT2D eigenvalue weighted by molar-refractivity contribution is 0.0928. The molecule has 2 amide bonds. The molecular weight excluding hydrogens is 370 g/mol. The van der Waals surface area contributed by atoms with Gasteiger partial charge in [-0.15, -0.1) is 0 Å². The van der Waals surface area contributed by atoms with E-state index in [1.165, 1.54) is 0 Å². The molecular formula is C22H25N3O4. The first-order valence-electron chi connectivity index (χ1n) is 9.79. The first-order valence-corrected chi connectivity index (χ1v) is 9.79. The number of aromatic nitrogens is 1. The molecule has 0 spiro atoms. The van der Waals surface area contributed by atoms with Gasteiger partial charge in [-0.1, -0.05) is 25.1 Å². The maximum atomic E-state index is 12.9. The van der Waals surface area contributed by atoms with Gasteiger partial charge in [0.1, 0.15) is 11.4 Å². The standard InChI is InChI=1S/C22H25N3O4/c1-12(14-6-4-5-7-19(14)28-3)17-8-13(9-18(24-17)22(27)23-2)21(26)25-20-15-10-29-11-16(15)20/h4-9,12,15-16,20H,10-11H2,1-3H3,(H,23,27)(H,25,26)/t12?,15-,16+,20?. The van der Waals surface area contributed by atoms with E-state index in [0.29, 0.717) is 36.3 Å². The Morgan fingerprint density at radius 1 is 1.17 bits per heavy atom. The Morgan fingerprint density at radius 2 is 1.90 bits per heavy atom. The minimum absolute atomic E-state index is 0.156. The molecule has 0 radical (unpaired) electrons. The normalized spacial score (nSPS) is 23.1. The predicted molar refractivity (Wildman–Crippen MR) is 107 cm³/mol. The molecule has 2 aliphatic rings. The zero-order valence-corrected chi connectivity index (χ0v) is 16.8. The number of carbonyl (C=O) groups is 2. The maximum absolute atomic E-state index is 12.9. The van der Waals surface area contributed by atoms with Crippen molar-refractivity contribution in [2.24, 2.45) is 11.8 Å². The van der Waals surface area contributed by atoms with Crippen molar-refractivity contribution in [1.29, 1.82) is 0 Å². The average molecular weight is 395 g/mol. The third kappa shape index (κ3) is 3.70. The number of rotatable bonds is 6. The number of hydrogen-bond acceptors (Lipinski definition) is 5. The molecule has 0 bridgehead atoms. The Morgan fingerprint density at radius 3 is 2.59 bits per heavy atom. The minimum Gasteiger partial charge on any atom is -0.496 e. The third-order valence-corrected chi connectivity index (χ3v) is 5.87. The number of amides is 2. The van der Waals surface area contributed by atoms with Crippen LogP contribution in [0.1, 0.15) is 44.9 Å². The van der Waals surface area contributed by atoms with E-state index >= 15 is 0 Å². The molecule has 7 heteroatoms. The lowest BCUT2D eigenvalue weighted by Crippen LogP contribution is -2.30. The van der Waals surface area contributed by atoms with Gasteiger partial charge in [-0.3, -0.25) is 9.59 Å². The van der Waals surface area contributed by atoms with Gasteiger partial charge in [-0.05, 0) is 18.2 Å². The maximum Gasteiger partial charge on any atom is 0.269 e. The van der Waals surface area contributed by atoms with Gasteiger partial charge < -0.3 is 20.1 Å². The Labute approximate surface area is 169 Å². The summed E-state index contributed by atoms with van der Waals surface area (Å²) in [6.07, 6.45) is 0. The largest absolute Gasteiger partial charge is 0.496 e. The van der Waals surface area contributed by atoms with E-state index in [1.54, 1.807) is 26.3 Å². The Balaban J connectivity index is 1.65. The summed E-state index contributed by atoms with van der Waals surface area (Å²) in [4.78, 5) is 29.7. The van der Waals surface area contributed by atoms with Crippen LogP contribution in [0.4, 0.5) is 0 Å². The summed E-state index contributed by atoms with van der Waals surface area (Å²) in [5.74, 6) is 0.882. The summed E-state index contributed by atoms with van der Waals surface area (Å²) in [6.45, 7) is 3.38. The number of carbonyl (C=O) groups excluding carboxylic acids is 2. The van der Waals surface area contributed by atoms with E-state index in [2.05, 4.69) is 15.6 Å². The summed E-state index contributed by atoms with van der Waals surface area (Å²) >= 11 is 0. The molecule has 1 aliphatic heterocycles. The van der Waals surface area contributed by atoms with Gasteiger partial charge >= 0.3 is 0 Å². The van der Waals surface area contributed by atoms with Gasteiger partial charge in [0.25, 0.3) is 11.8 Å². The van der Waals surface area contributed by atoms with Crippen LogP contribution in [0.2, 0.25) is 0 Å². The highest BCUT2D eigenvalue weighted by Crippen LogP contribution is 2.44. The summed E-state index contributed by atoms with van der Waals surface area (Å²) in [5.41, 5.74) is 2.23. The first kappa shape index (κ1) is 19.4. The Kier molecular flexibility index (Phi) is 5.24. The van der Waals surface area contributed by atoms with Crippen LogP contribution in [0.15, 0.2) is 36.4 Å². The minimum atomic E-state index is -0.329. The van der Waals surface area contributed by atoms with Gasteiger partial charge in [0, 0.05) is 47.7 Å². The number of ether oxygens (including phenoxy) is 2. The van der Waals surface area contributed by atoms with Crippen molar-refractivity contribution in [2.75, 3.05) is 27.4 Å². The molecule has 1 saturated heterocycles. The second kappa shape index (κ2) is 7.83. The molecule has 4 atom stereocenters. The number of nitrogens with one attached hydrogen (secondary N) is 2. The fraction of sp³-hybridized carbons (Fsp3) is 0.409.